The molecule has 0 aliphatic carbocycles. The van der Waals surface area contributed by atoms with Gasteiger partial charge in [-0.3, -0.25) is 9.56 Å². The first-order valence-electron chi connectivity index (χ1n) is 10.9. The number of hydrogen-bond donors (Lipinski definition) is 0. The summed E-state index contributed by atoms with van der Waals surface area (Å²) >= 11 is 5.54. The van der Waals surface area contributed by atoms with Crippen LogP contribution < -0.4 is 9.26 Å². The topological polar surface area (TPSA) is 82.0 Å². The highest BCUT2D eigenvalue weighted by molar-refractivity contribution is 8.02. The molecule has 0 fully saturated rings. The smallest absolute Gasteiger partial charge is 0.379 e. The Labute approximate surface area is 217 Å². The maximum atomic E-state index is 13.2. The van der Waals surface area contributed by atoms with Gasteiger partial charge in [0.1, 0.15) is 11.5 Å². The van der Waals surface area contributed by atoms with Crippen molar-refractivity contribution in [2.24, 2.45) is 10.1 Å². The van der Waals surface area contributed by atoms with Gasteiger partial charge in [0.25, 0.3) is 0 Å². The lowest BCUT2D eigenvalue weighted by Gasteiger charge is -2.18. The quantitative estimate of drug-likeness (QED) is 0.157. The van der Waals surface area contributed by atoms with Crippen LogP contribution in [0.3, 0.4) is 0 Å². The van der Waals surface area contributed by atoms with Gasteiger partial charge in [-0.1, -0.05) is 30.3 Å². The highest BCUT2D eigenvalue weighted by Gasteiger charge is 2.31. The maximum Gasteiger partial charge on any atom is 0.379 e. The Morgan fingerprint density at radius 1 is 0.944 bits per heavy atom. The molecule has 0 saturated carbocycles. The fourth-order valence-corrected chi connectivity index (χ4v) is 5.32. The van der Waals surface area contributed by atoms with E-state index in [0.717, 1.165) is 16.9 Å². The molecule has 0 aliphatic heterocycles. The van der Waals surface area contributed by atoms with Gasteiger partial charge in [-0.05, 0) is 71.5 Å². The van der Waals surface area contributed by atoms with Crippen LogP contribution in [-0.4, -0.2) is 44.8 Å². The van der Waals surface area contributed by atoms with Crippen LogP contribution in [0.25, 0.3) is 0 Å². The molecule has 0 aromatic heterocycles. The Balaban J connectivity index is 1.72. The summed E-state index contributed by atoms with van der Waals surface area (Å²) in [6.45, 7) is 0.335. The molecule has 0 saturated heterocycles. The van der Waals surface area contributed by atoms with E-state index in [9.17, 15) is 4.57 Å². The molecule has 0 radical (unpaired) electrons. The minimum atomic E-state index is -3.59. The van der Waals surface area contributed by atoms with E-state index in [-0.39, 0.29) is 5.45 Å². The molecule has 1 atom stereocenters. The average molecular weight is 546 g/mol. The van der Waals surface area contributed by atoms with Crippen molar-refractivity contribution < 1.29 is 22.9 Å². The van der Waals surface area contributed by atoms with Gasteiger partial charge < -0.3 is 18.3 Å². The van der Waals surface area contributed by atoms with Gasteiger partial charge in [0, 0.05) is 26.8 Å². The Morgan fingerprint density at radius 2 is 1.56 bits per heavy atom. The number of hydrazone groups is 1. The van der Waals surface area contributed by atoms with Gasteiger partial charge in [-0.15, -0.1) is 0 Å². The normalized spacial score (nSPS) is 12.9. The molecule has 0 spiro atoms. The molecular formula is C25H29N3O5P2S. The predicted octanol–water partition coefficient (Wildman–Crippen LogP) is 5.98. The van der Waals surface area contributed by atoms with Crippen molar-refractivity contribution >= 4 is 38.1 Å². The second kappa shape index (κ2) is 13.5. The highest BCUT2D eigenvalue weighted by Crippen LogP contribution is 2.50. The van der Waals surface area contributed by atoms with E-state index >= 15 is 0 Å². The van der Waals surface area contributed by atoms with Crippen LogP contribution >= 0.6 is 14.7 Å². The zero-order valence-electron chi connectivity index (χ0n) is 20.5. The minimum absolute atomic E-state index is 0.244. The molecule has 0 aliphatic rings. The van der Waals surface area contributed by atoms with Crippen LogP contribution in [0.2, 0.25) is 0 Å². The molecule has 190 valence electrons. The van der Waals surface area contributed by atoms with Crippen molar-refractivity contribution in [1.29, 1.82) is 0 Å². The molecule has 0 N–H and O–H groups in total. The van der Waals surface area contributed by atoms with Gasteiger partial charge in [0.05, 0.1) is 19.9 Å². The lowest BCUT2D eigenvalue weighted by atomic mass is 10.2. The number of aliphatic imine (C=N–C) groups is 1. The van der Waals surface area contributed by atoms with Crippen LogP contribution in [0.15, 0.2) is 89.0 Å². The van der Waals surface area contributed by atoms with Crippen molar-refractivity contribution in [3.63, 3.8) is 0 Å². The molecule has 36 heavy (non-hydrogen) atoms. The summed E-state index contributed by atoms with van der Waals surface area (Å²) < 4.78 is 36.4. The third-order valence-electron chi connectivity index (χ3n) is 5.07. The Hall–Kier alpha value is -2.80. The second-order valence-electron chi connectivity index (χ2n) is 7.42. The zero-order valence-corrected chi connectivity index (χ0v) is 23.2. The van der Waals surface area contributed by atoms with Crippen LogP contribution in [-0.2, 0) is 32.0 Å². The summed E-state index contributed by atoms with van der Waals surface area (Å²) in [6.07, 6.45) is 1.71. The Kier molecular flexibility index (Phi) is 10.4. The van der Waals surface area contributed by atoms with Gasteiger partial charge in [-0.25, -0.2) is 4.78 Å². The van der Waals surface area contributed by atoms with Crippen molar-refractivity contribution in [1.82, 2.24) is 4.78 Å². The first-order valence-corrected chi connectivity index (χ1v) is 15.0. The van der Waals surface area contributed by atoms with E-state index in [1.165, 1.54) is 14.2 Å². The molecule has 3 aromatic rings. The third-order valence-corrected chi connectivity index (χ3v) is 9.05. The summed E-state index contributed by atoms with van der Waals surface area (Å²) in [4.78, 5) is 4.57. The summed E-state index contributed by atoms with van der Waals surface area (Å²) in [5.74, 6) is 1.35. The van der Waals surface area contributed by atoms with Gasteiger partial charge in [0.2, 0.25) is 7.07 Å². The summed E-state index contributed by atoms with van der Waals surface area (Å²) in [5.41, 5.74) is 2.74. The summed E-state index contributed by atoms with van der Waals surface area (Å²) in [5, 5.41) is 4.39. The van der Waals surface area contributed by atoms with E-state index in [1.54, 1.807) is 49.4 Å². The SMILES string of the molecule is COc1ccc(/C=N/N(C)[PH](=S)Oc2ccc(/C(=N/Cc3ccccc3)P(=O)(OC)OC)cc2)cc1. The zero-order chi connectivity index (χ0) is 26.0. The van der Waals surface area contributed by atoms with Crippen LogP contribution in [0, 0.1) is 0 Å². The number of hydrogen-bond acceptors (Lipinski definition) is 8. The third kappa shape index (κ3) is 7.60. The van der Waals surface area contributed by atoms with Gasteiger partial charge >= 0.3 is 7.60 Å². The van der Waals surface area contributed by atoms with Crippen LogP contribution in [0.1, 0.15) is 16.7 Å². The lowest BCUT2D eigenvalue weighted by Crippen LogP contribution is -2.07. The van der Waals surface area contributed by atoms with Crippen molar-refractivity contribution in [3.05, 3.63) is 95.6 Å². The number of methoxy groups -OCH3 is 1. The standard InChI is InChI=1S/C25H29N3O5P2S/c1-28(27-19-21-10-14-23(30-2)15-11-21)34(36)33-24-16-12-22(13-17-24)25(35(29,31-3)32-4)26-18-20-8-6-5-7-9-20/h5-17,19,34H,18H2,1-4H3/b26-25-,27-19+. The first kappa shape index (κ1) is 27.8. The van der Waals surface area contributed by atoms with E-state index < -0.39 is 14.7 Å². The first-order chi connectivity index (χ1) is 17.4. The number of benzene rings is 3. The predicted molar refractivity (Wildman–Crippen MR) is 149 cm³/mol. The molecule has 0 bridgehead atoms. The number of rotatable bonds is 12. The maximum absolute atomic E-state index is 13.2. The molecule has 3 rings (SSSR count). The Morgan fingerprint density at radius 3 is 2.14 bits per heavy atom. The lowest BCUT2D eigenvalue weighted by molar-refractivity contribution is 0.290. The van der Waals surface area contributed by atoms with E-state index in [1.807, 2.05) is 54.6 Å². The van der Waals surface area contributed by atoms with E-state index in [0.29, 0.717) is 17.9 Å². The second-order valence-corrected chi connectivity index (χ2v) is 12.0. The van der Waals surface area contributed by atoms with Gasteiger partial charge in [0.15, 0.2) is 5.45 Å². The van der Waals surface area contributed by atoms with E-state index in [4.69, 9.17) is 30.1 Å². The molecular weight excluding hydrogens is 516 g/mol. The fraction of sp³-hybridized carbons (Fsp3) is 0.200. The van der Waals surface area contributed by atoms with Crippen molar-refractivity contribution in [3.8, 4) is 11.5 Å². The monoisotopic (exact) mass is 545 g/mol. The van der Waals surface area contributed by atoms with Crippen LogP contribution in [0.4, 0.5) is 0 Å². The molecule has 11 heteroatoms. The minimum Gasteiger partial charge on any atom is -0.497 e. The Bertz CT molecular complexity index is 1240. The number of nitrogens with zero attached hydrogens (tertiary/aromatic N) is 3. The largest absolute Gasteiger partial charge is 0.497 e. The van der Waals surface area contributed by atoms with Crippen molar-refractivity contribution in [2.75, 3.05) is 28.4 Å². The summed E-state index contributed by atoms with van der Waals surface area (Å²) in [7, 11) is 0.631. The van der Waals surface area contributed by atoms with Gasteiger partial charge in [-0.2, -0.15) is 5.10 Å². The van der Waals surface area contributed by atoms with E-state index in [2.05, 4.69) is 10.1 Å². The number of ether oxygens (including phenoxy) is 1. The van der Waals surface area contributed by atoms with Crippen molar-refractivity contribution in [2.45, 2.75) is 6.54 Å². The average Bonchev–Trinajstić information content (AvgIpc) is 2.93. The van der Waals surface area contributed by atoms with Crippen LogP contribution in [0.5, 0.6) is 11.5 Å². The molecule has 0 amide bonds. The fourth-order valence-electron chi connectivity index (χ4n) is 3.06. The molecule has 3 aromatic carbocycles. The summed E-state index contributed by atoms with van der Waals surface area (Å²) in [6, 6.07) is 24.2. The molecule has 8 nitrogen and oxygen atoms in total. The molecule has 1 unspecified atom stereocenters. The molecule has 0 heterocycles. The highest BCUT2D eigenvalue weighted by atomic mass is 32.4.